The van der Waals surface area contributed by atoms with E-state index in [1.54, 1.807) is 25.5 Å². The molecule has 7 nitrogen and oxygen atoms in total. The van der Waals surface area contributed by atoms with E-state index in [4.69, 9.17) is 9.84 Å². The van der Waals surface area contributed by atoms with Crippen molar-refractivity contribution >= 4 is 38.0 Å². The third-order valence-corrected chi connectivity index (χ3v) is 4.10. The van der Waals surface area contributed by atoms with Crippen LogP contribution in [0.5, 0.6) is 0 Å². The minimum absolute atomic E-state index is 0.228. The molecule has 21 heavy (non-hydrogen) atoms. The highest BCUT2D eigenvalue weighted by atomic mass is 79.9. The number of rotatable bonds is 3. The molecule has 0 aliphatic carbocycles. The third kappa shape index (κ3) is 5.01. The number of nitrogens with one attached hydrogen (secondary N) is 1. The number of hydrogen-bond acceptors (Lipinski definition) is 5. The van der Waals surface area contributed by atoms with Crippen LogP contribution in [0.2, 0.25) is 0 Å². The van der Waals surface area contributed by atoms with E-state index in [1.165, 1.54) is 12.1 Å². The lowest BCUT2D eigenvalue weighted by molar-refractivity contribution is 0.0569. The number of benzene rings is 1. The Bertz CT molecular complexity index is 677. The number of carbonyl (C=O) groups is 2. The molecule has 0 aliphatic heterocycles. The van der Waals surface area contributed by atoms with Gasteiger partial charge in [0, 0.05) is 4.47 Å². The lowest BCUT2D eigenvalue weighted by Gasteiger charge is -2.19. The molecular formula is C12H14BrNO6S. The van der Waals surface area contributed by atoms with E-state index in [9.17, 15) is 18.0 Å². The van der Waals surface area contributed by atoms with Crippen LogP contribution in [0, 0.1) is 0 Å². The first-order chi connectivity index (χ1) is 9.42. The summed E-state index contributed by atoms with van der Waals surface area (Å²) in [5.41, 5.74) is -1.09. The molecule has 0 spiro atoms. The molecule has 0 aromatic heterocycles. The van der Waals surface area contributed by atoms with Gasteiger partial charge < -0.3 is 9.84 Å². The summed E-state index contributed by atoms with van der Waals surface area (Å²) in [6.07, 6.45) is -1.14. The average molecular weight is 380 g/mol. The van der Waals surface area contributed by atoms with Gasteiger partial charge in [-0.15, -0.1) is 0 Å². The van der Waals surface area contributed by atoms with Crippen LogP contribution in [0.15, 0.2) is 27.6 Å². The first kappa shape index (κ1) is 17.4. The Balaban J connectivity index is 3.07. The maximum Gasteiger partial charge on any atom is 0.421 e. The molecule has 0 saturated carbocycles. The Hall–Kier alpha value is -1.61. The number of carbonyl (C=O) groups excluding carboxylic acids is 1. The van der Waals surface area contributed by atoms with Crippen molar-refractivity contribution in [3.63, 3.8) is 0 Å². The summed E-state index contributed by atoms with van der Waals surface area (Å²) in [5.74, 6) is -1.30. The largest absolute Gasteiger partial charge is 0.478 e. The van der Waals surface area contributed by atoms with Crippen molar-refractivity contribution < 1.29 is 27.9 Å². The Kier molecular flexibility index (Phi) is 5.00. The summed E-state index contributed by atoms with van der Waals surface area (Å²) in [6, 6.07) is 3.38. The molecule has 0 radical (unpaired) electrons. The number of aromatic carboxylic acids is 1. The SMILES string of the molecule is CC(C)(C)OC(=O)NS(=O)(=O)c1ccc(Br)c(C(=O)O)c1. The molecule has 2 N–H and O–H groups in total. The molecule has 116 valence electrons. The van der Waals surface area contributed by atoms with Crippen LogP contribution in [0.1, 0.15) is 31.1 Å². The van der Waals surface area contributed by atoms with Crippen molar-refractivity contribution in [2.24, 2.45) is 0 Å². The standard InChI is InChI=1S/C12H14BrNO6S/c1-12(2,3)20-11(17)14-21(18,19)7-4-5-9(13)8(6-7)10(15)16/h4-6H,1-3H3,(H,14,17)(H,15,16). The molecule has 0 saturated heterocycles. The Morgan fingerprint density at radius 3 is 2.33 bits per heavy atom. The van der Waals surface area contributed by atoms with E-state index in [1.807, 2.05) is 0 Å². The van der Waals surface area contributed by atoms with E-state index in [2.05, 4.69) is 15.9 Å². The molecule has 1 amide bonds. The summed E-state index contributed by atoms with van der Waals surface area (Å²) < 4.78 is 30.8. The van der Waals surface area contributed by atoms with Crippen molar-refractivity contribution in [3.8, 4) is 0 Å². The number of sulfonamides is 1. The van der Waals surface area contributed by atoms with Crippen molar-refractivity contribution in [1.29, 1.82) is 0 Å². The van der Waals surface area contributed by atoms with E-state index >= 15 is 0 Å². The smallest absolute Gasteiger partial charge is 0.421 e. The molecule has 1 aromatic rings. The molecule has 0 unspecified atom stereocenters. The number of halogens is 1. The van der Waals surface area contributed by atoms with Gasteiger partial charge in [0.15, 0.2) is 0 Å². The predicted molar refractivity (Wildman–Crippen MR) is 77.7 cm³/mol. The van der Waals surface area contributed by atoms with Gasteiger partial charge in [0.25, 0.3) is 10.0 Å². The van der Waals surface area contributed by atoms with Gasteiger partial charge in [-0.25, -0.2) is 22.7 Å². The maximum atomic E-state index is 12.0. The van der Waals surface area contributed by atoms with Gasteiger partial charge >= 0.3 is 12.1 Å². The Morgan fingerprint density at radius 1 is 1.29 bits per heavy atom. The van der Waals surface area contributed by atoms with Gasteiger partial charge in [-0.1, -0.05) is 0 Å². The predicted octanol–water partition coefficient (Wildman–Crippen LogP) is 2.36. The quantitative estimate of drug-likeness (QED) is 0.833. The summed E-state index contributed by atoms with van der Waals surface area (Å²) in [6.45, 7) is 4.75. The molecular weight excluding hydrogens is 366 g/mol. The van der Waals surface area contributed by atoms with Crippen molar-refractivity contribution in [1.82, 2.24) is 4.72 Å². The number of hydrogen-bond donors (Lipinski definition) is 2. The fourth-order valence-corrected chi connectivity index (χ4v) is 2.62. The zero-order chi connectivity index (χ0) is 16.4. The normalized spacial score (nSPS) is 11.8. The van der Waals surface area contributed by atoms with Crippen molar-refractivity contribution in [2.75, 3.05) is 0 Å². The Morgan fingerprint density at radius 2 is 1.86 bits per heavy atom. The third-order valence-electron chi connectivity index (χ3n) is 2.10. The zero-order valence-corrected chi connectivity index (χ0v) is 13.9. The van der Waals surface area contributed by atoms with Gasteiger partial charge in [-0.3, -0.25) is 0 Å². The first-order valence-corrected chi connectivity index (χ1v) is 7.98. The van der Waals surface area contributed by atoms with E-state index < -0.39 is 27.7 Å². The van der Waals surface area contributed by atoms with Crippen LogP contribution >= 0.6 is 15.9 Å². The lowest BCUT2D eigenvalue weighted by Crippen LogP contribution is -2.36. The van der Waals surface area contributed by atoms with E-state index in [0.717, 1.165) is 6.07 Å². The monoisotopic (exact) mass is 379 g/mol. The van der Waals surface area contributed by atoms with Crippen LogP contribution in [0.3, 0.4) is 0 Å². The molecule has 0 bridgehead atoms. The minimum Gasteiger partial charge on any atom is -0.478 e. The summed E-state index contributed by atoms with van der Waals surface area (Å²) in [7, 11) is -4.21. The highest BCUT2D eigenvalue weighted by Gasteiger charge is 2.24. The lowest BCUT2D eigenvalue weighted by atomic mass is 10.2. The van der Waals surface area contributed by atoms with Gasteiger partial charge in [0.05, 0.1) is 10.5 Å². The van der Waals surface area contributed by atoms with Crippen LogP contribution in [-0.4, -0.2) is 31.2 Å². The number of amides is 1. The molecule has 1 rings (SSSR count). The van der Waals surface area contributed by atoms with E-state index in [-0.39, 0.29) is 14.9 Å². The fourth-order valence-electron chi connectivity index (χ4n) is 1.30. The molecule has 0 heterocycles. The fraction of sp³-hybridized carbons (Fsp3) is 0.333. The van der Waals surface area contributed by atoms with Gasteiger partial charge in [0.2, 0.25) is 0 Å². The molecule has 1 aromatic carbocycles. The summed E-state index contributed by atoms with van der Waals surface area (Å²) in [4.78, 5) is 22.1. The highest BCUT2D eigenvalue weighted by molar-refractivity contribution is 9.10. The van der Waals surface area contributed by atoms with Crippen LogP contribution in [0.4, 0.5) is 4.79 Å². The first-order valence-electron chi connectivity index (χ1n) is 5.71. The number of ether oxygens (including phenoxy) is 1. The molecule has 0 aliphatic rings. The Labute approximate surface area is 130 Å². The van der Waals surface area contributed by atoms with Crippen LogP contribution < -0.4 is 4.72 Å². The van der Waals surface area contributed by atoms with Crippen LogP contribution in [0.25, 0.3) is 0 Å². The van der Waals surface area contributed by atoms with Gasteiger partial charge in [0.1, 0.15) is 5.60 Å². The summed E-state index contributed by atoms with van der Waals surface area (Å²) >= 11 is 3.00. The average Bonchev–Trinajstić information content (AvgIpc) is 2.24. The topological polar surface area (TPSA) is 110 Å². The minimum atomic E-state index is -4.21. The molecule has 0 atom stereocenters. The zero-order valence-electron chi connectivity index (χ0n) is 11.5. The van der Waals surface area contributed by atoms with Gasteiger partial charge in [-0.05, 0) is 54.9 Å². The van der Waals surface area contributed by atoms with Crippen molar-refractivity contribution in [2.45, 2.75) is 31.3 Å². The van der Waals surface area contributed by atoms with Crippen molar-refractivity contribution in [3.05, 3.63) is 28.2 Å². The van der Waals surface area contributed by atoms with E-state index in [0.29, 0.717) is 0 Å². The summed E-state index contributed by atoms with van der Waals surface area (Å²) in [5, 5.41) is 8.95. The highest BCUT2D eigenvalue weighted by Crippen LogP contribution is 2.21. The second-order valence-electron chi connectivity index (χ2n) is 5.05. The second-order valence-corrected chi connectivity index (χ2v) is 7.59. The maximum absolute atomic E-state index is 12.0. The van der Waals surface area contributed by atoms with Crippen LogP contribution in [-0.2, 0) is 14.8 Å². The second kappa shape index (κ2) is 6.02. The number of carboxylic acid groups (broad SMARTS) is 1. The molecule has 9 heteroatoms. The molecule has 0 fully saturated rings. The number of carboxylic acids is 1. The van der Waals surface area contributed by atoms with Gasteiger partial charge in [-0.2, -0.15) is 0 Å².